The quantitative estimate of drug-likeness (QED) is 0.336. The normalized spacial score (nSPS) is 12.0. The summed E-state index contributed by atoms with van der Waals surface area (Å²) in [7, 11) is 0. The van der Waals surface area contributed by atoms with Crippen molar-refractivity contribution in [1.82, 2.24) is 4.57 Å². The second kappa shape index (κ2) is 7.51. The van der Waals surface area contributed by atoms with Crippen molar-refractivity contribution in [3.63, 3.8) is 0 Å². The van der Waals surface area contributed by atoms with Crippen LogP contribution >= 0.6 is 0 Å². The Kier molecular flexibility index (Phi) is 5.04. The molecule has 0 spiro atoms. The summed E-state index contributed by atoms with van der Waals surface area (Å²) in [6.07, 6.45) is 2.30. The highest BCUT2D eigenvalue weighted by Crippen LogP contribution is 2.34. The maximum Gasteiger partial charge on any atom is 0.193 e. The molecule has 4 aromatic rings. The lowest BCUT2D eigenvalue weighted by Gasteiger charge is -2.19. The van der Waals surface area contributed by atoms with Crippen LogP contribution in [0.5, 0.6) is 0 Å². The smallest absolute Gasteiger partial charge is 0.193 e. The molecule has 0 amide bonds. The van der Waals surface area contributed by atoms with Gasteiger partial charge in [-0.3, -0.25) is 4.79 Å². The summed E-state index contributed by atoms with van der Waals surface area (Å²) >= 11 is 0. The Hall–Kier alpha value is -2.87. The van der Waals surface area contributed by atoms with E-state index in [9.17, 15) is 4.79 Å². The van der Waals surface area contributed by atoms with Gasteiger partial charge in [0.25, 0.3) is 0 Å². The van der Waals surface area contributed by atoms with Gasteiger partial charge < -0.3 is 4.57 Å². The Bertz CT molecular complexity index is 1180. The van der Waals surface area contributed by atoms with E-state index < -0.39 is 0 Å². The van der Waals surface area contributed by atoms with Gasteiger partial charge in [0.05, 0.1) is 0 Å². The summed E-state index contributed by atoms with van der Waals surface area (Å²) in [6.45, 7) is 9.96. The zero-order valence-corrected chi connectivity index (χ0v) is 17.8. The second-order valence-electron chi connectivity index (χ2n) is 8.91. The molecule has 0 bridgehead atoms. The Morgan fingerprint density at radius 1 is 0.828 bits per heavy atom. The largest absolute Gasteiger partial charge is 0.340 e. The van der Waals surface area contributed by atoms with E-state index in [1.165, 1.54) is 27.4 Å². The molecule has 3 aromatic carbocycles. The summed E-state index contributed by atoms with van der Waals surface area (Å²) in [4.78, 5) is 13.0. The molecule has 0 aliphatic rings. The predicted molar refractivity (Wildman–Crippen MR) is 123 cm³/mol. The molecule has 0 radical (unpaired) electrons. The molecular formula is C27H29NO. The summed E-state index contributed by atoms with van der Waals surface area (Å²) in [5, 5.41) is 2.41. The lowest BCUT2D eigenvalue weighted by atomic mass is 9.86. The zero-order valence-electron chi connectivity index (χ0n) is 17.8. The first kappa shape index (κ1) is 19.4. The third-order valence-electron chi connectivity index (χ3n) is 5.76. The van der Waals surface area contributed by atoms with Gasteiger partial charge in [0.1, 0.15) is 0 Å². The minimum Gasteiger partial charge on any atom is -0.340 e. The number of nitrogens with zero attached hydrogens (tertiary/aromatic N) is 1. The number of ketones is 1. The Labute approximate surface area is 173 Å². The van der Waals surface area contributed by atoms with Crippen molar-refractivity contribution in [3.8, 4) is 0 Å². The summed E-state index contributed by atoms with van der Waals surface area (Å²) < 4.78 is 2.41. The number of carbonyl (C=O) groups is 1. The van der Waals surface area contributed by atoms with Crippen LogP contribution in [0, 0.1) is 0 Å². The highest BCUT2D eigenvalue weighted by molar-refractivity contribution is 6.14. The van der Waals surface area contributed by atoms with Crippen molar-refractivity contribution in [2.75, 3.05) is 0 Å². The van der Waals surface area contributed by atoms with Crippen LogP contribution in [0.15, 0.2) is 66.7 Å². The highest BCUT2D eigenvalue weighted by atomic mass is 16.1. The third kappa shape index (κ3) is 3.60. The van der Waals surface area contributed by atoms with Gasteiger partial charge in [-0.25, -0.2) is 0 Å². The number of carbonyl (C=O) groups excluding carboxylic acids is 1. The van der Waals surface area contributed by atoms with Crippen molar-refractivity contribution < 1.29 is 4.79 Å². The molecular weight excluding hydrogens is 354 g/mol. The van der Waals surface area contributed by atoms with Gasteiger partial charge in [0.15, 0.2) is 5.78 Å². The van der Waals surface area contributed by atoms with Crippen LogP contribution in [0.1, 0.15) is 62.0 Å². The van der Waals surface area contributed by atoms with Gasteiger partial charge in [-0.1, -0.05) is 70.5 Å². The standard InChI is InChI=1S/C27H29NO/c1-5-6-16-28-24-14-12-20(26(29)19-10-8-7-9-11-19)17-22(24)23-18-21(27(2,3)4)13-15-25(23)28/h7-15,17-18H,5-6,16H2,1-4H3. The molecule has 2 nitrogen and oxygen atoms in total. The van der Waals surface area contributed by atoms with Crippen LogP contribution < -0.4 is 0 Å². The molecule has 0 N–H and O–H groups in total. The Morgan fingerprint density at radius 3 is 2.14 bits per heavy atom. The van der Waals surface area contributed by atoms with E-state index >= 15 is 0 Å². The summed E-state index contributed by atoms with van der Waals surface area (Å²) in [6, 6.07) is 22.5. The van der Waals surface area contributed by atoms with Gasteiger partial charge in [-0.15, -0.1) is 0 Å². The minimum absolute atomic E-state index is 0.0777. The zero-order chi connectivity index (χ0) is 20.6. The summed E-state index contributed by atoms with van der Waals surface area (Å²) in [5.74, 6) is 0.0777. The predicted octanol–water partition coefficient (Wildman–Crippen LogP) is 7.12. The maximum atomic E-state index is 13.0. The van der Waals surface area contributed by atoms with Crippen molar-refractivity contribution >= 4 is 27.6 Å². The van der Waals surface area contributed by atoms with Crippen LogP contribution in [0.4, 0.5) is 0 Å². The molecule has 1 aromatic heterocycles. The molecule has 0 fully saturated rings. The maximum absolute atomic E-state index is 13.0. The number of benzene rings is 3. The highest BCUT2D eigenvalue weighted by Gasteiger charge is 2.18. The fourth-order valence-corrected chi connectivity index (χ4v) is 4.03. The average Bonchev–Trinajstić information content (AvgIpc) is 3.04. The molecule has 148 valence electrons. The van der Waals surface area contributed by atoms with E-state index in [-0.39, 0.29) is 11.2 Å². The van der Waals surface area contributed by atoms with E-state index in [1.807, 2.05) is 36.4 Å². The van der Waals surface area contributed by atoms with Gasteiger partial charge >= 0.3 is 0 Å². The van der Waals surface area contributed by atoms with Crippen LogP contribution in [0.3, 0.4) is 0 Å². The van der Waals surface area contributed by atoms with E-state index in [4.69, 9.17) is 0 Å². The van der Waals surface area contributed by atoms with Crippen LogP contribution in [-0.2, 0) is 12.0 Å². The molecule has 4 rings (SSSR count). The SMILES string of the molecule is CCCCn1c2ccc(C(=O)c3ccccc3)cc2c2cc(C(C)(C)C)ccc21. The molecule has 2 heteroatoms. The average molecular weight is 384 g/mol. The monoisotopic (exact) mass is 383 g/mol. The van der Waals surface area contributed by atoms with Crippen LogP contribution in [0.25, 0.3) is 21.8 Å². The van der Waals surface area contributed by atoms with Gasteiger partial charge in [-0.05, 0) is 47.7 Å². The third-order valence-corrected chi connectivity index (χ3v) is 5.76. The lowest BCUT2D eigenvalue weighted by molar-refractivity contribution is 0.103. The molecule has 0 saturated heterocycles. The number of aromatic nitrogens is 1. The lowest BCUT2D eigenvalue weighted by Crippen LogP contribution is -2.10. The van der Waals surface area contributed by atoms with Gasteiger partial charge in [0, 0.05) is 39.5 Å². The molecule has 0 unspecified atom stereocenters. The Balaban J connectivity index is 1.93. The second-order valence-corrected chi connectivity index (χ2v) is 8.91. The molecule has 0 aliphatic carbocycles. The van der Waals surface area contributed by atoms with E-state index in [0.717, 1.165) is 30.5 Å². The van der Waals surface area contributed by atoms with E-state index in [0.29, 0.717) is 0 Å². The van der Waals surface area contributed by atoms with E-state index in [2.05, 4.69) is 62.6 Å². The number of fused-ring (bicyclic) bond motifs is 3. The van der Waals surface area contributed by atoms with Crippen molar-refractivity contribution in [2.45, 2.75) is 52.5 Å². The van der Waals surface area contributed by atoms with Gasteiger partial charge in [-0.2, -0.15) is 0 Å². The first-order valence-corrected chi connectivity index (χ1v) is 10.6. The summed E-state index contributed by atoms with van der Waals surface area (Å²) in [5.41, 5.74) is 5.36. The van der Waals surface area contributed by atoms with Crippen molar-refractivity contribution in [1.29, 1.82) is 0 Å². The van der Waals surface area contributed by atoms with Crippen LogP contribution in [-0.4, -0.2) is 10.4 Å². The first-order valence-electron chi connectivity index (χ1n) is 10.6. The fourth-order valence-electron chi connectivity index (χ4n) is 4.03. The fraction of sp³-hybridized carbons (Fsp3) is 0.296. The molecule has 1 heterocycles. The van der Waals surface area contributed by atoms with Crippen LogP contribution in [0.2, 0.25) is 0 Å². The van der Waals surface area contributed by atoms with Crippen molar-refractivity contribution in [3.05, 3.63) is 83.4 Å². The number of hydrogen-bond acceptors (Lipinski definition) is 1. The molecule has 0 atom stereocenters. The first-order chi connectivity index (χ1) is 13.9. The molecule has 0 saturated carbocycles. The number of unbranched alkanes of at least 4 members (excludes halogenated alkanes) is 1. The molecule has 0 aliphatic heterocycles. The van der Waals surface area contributed by atoms with Crippen molar-refractivity contribution in [2.24, 2.45) is 0 Å². The Morgan fingerprint density at radius 2 is 1.48 bits per heavy atom. The minimum atomic E-state index is 0.0777. The molecule has 29 heavy (non-hydrogen) atoms. The van der Waals surface area contributed by atoms with E-state index in [1.54, 1.807) is 0 Å². The topological polar surface area (TPSA) is 22.0 Å². The number of aryl methyl sites for hydroxylation is 1. The number of rotatable bonds is 5. The number of hydrogen-bond donors (Lipinski definition) is 0. The van der Waals surface area contributed by atoms with Gasteiger partial charge in [0.2, 0.25) is 0 Å².